The number of hydrogen-bond donors (Lipinski definition) is 0. The quantitative estimate of drug-likeness (QED) is 0.755. The molecule has 0 aliphatic carbocycles. The zero-order valence-electron chi connectivity index (χ0n) is 10.5. The zero-order valence-corrected chi connectivity index (χ0v) is 11.3. The van der Waals surface area contributed by atoms with E-state index in [1.807, 2.05) is 0 Å². The van der Waals surface area contributed by atoms with Crippen molar-refractivity contribution in [2.24, 2.45) is 0 Å². The lowest BCUT2D eigenvalue weighted by Crippen LogP contribution is -1.99. The number of ketones is 1. The fraction of sp³-hybridized carbons (Fsp3) is 0.133. The Labute approximate surface area is 115 Å². The third kappa shape index (κ3) is 3.12. The molecule has 0 heterocycles. The monoisotopic (exact) mass is 278 g/mol. The molecule has 0 aliphatic rings. The maximum atomic E-state index is 13.5. The van der Waals surface area contributed by atoms with Crippen LogP contribution < -0.4 is 4.74 Å². The van der Waals surface area contributed by atoms with Gasteiger partial charge in [-0.25, -0.2) is 4.39 Å². The number of aryl methyl sites for hydroxylation is 1. The highest BCUT2D eigenvalue weighted by Crippen LogP contribution is 2.29. The van der Waals surface area contributed by atoms with Gasteiger partial charge in [0.05, 0.1) is 5.56 Å². The zero-order chi connectivity index (χ0) is 14.0. The van der Waals surface area contributed by atoms with Gasteiger partial charge in [-0.2, -0.15) is 0 Å². The number of carbonyl (C=O) groups is 1. The highest BCUT2D eigenvalue weighted by molar-refractivity contribution is 6.30. The Morgan fingerprint density at radius 3 is 2.42 bits per heavy atom. The van der Waals surface area contributed by atoms with Gasteiger partial charge in [-0.1, -0.05) is 11.6 Å². The molecule has 0 unspecified atom stereocenters. The molecule has 0 spiro atoms. The molecule has 0 saturated carbocycles. The topological polar surface area (TPSA) is 26.3 Å². The minimum atomic E-state index is -0.423. The van der Waals surface area contributed by atoms with Crippen LogP contribution in [0.4, 0.5) is 4.39 Å². The van der Waals surface area contributed by atoms with E-state index in [4.69, 9.17) is 16.3 Å². The number of Topliss-reactive ketones (excluding diaryl/α,β-unsaturated/α-hetero) is 1. The summed E-state index contributed by atoms with van der Waals surface area (Å²) in [4.78, 5) is 11.5. The van der Waals surface area contributed by atoms with Crippen LogP contribution in [0.2, 0.25) is 5.02 Å². The number of ether oxygens (including phenoxy) is 1. The standard InChI is InChI=1S/C15H12ClFO2/c1-9-7-15(13(10(2)18)8-14(9)17)19-12-5-3-11(16)4-6-12/h3-8H,1-2H3. The minimum Gasteiger partial charge on any atom is -0.457 e. The molecule has 0 atom stereocenters. The van der Waals surface area contributed by atoms with E-state index in [9.17, 15) is 9.18 Å². The van der Waals surface area contributed by atoms with E-state index in [0.29, 0.717) is 22.1 Å². The van der Waals surface area contributed by atoms with Gasteiger partial charge < -0.3 is 4.74 Å². The van der Waals surface area contributed by atoms with E-state index >= 15 is 0 Å². The van der Waals surface area contributed by atoms with Gasteiger partial charge in [-0.15, -0.1) is 0 Å². The molecule has 2 nitrogen and oxygen atoms in total. The first-order valence-electron chi connectivity index (χ1n) is 5.72. The molecule has 0 aromatic heterocycles. The van der Waals surface area contributed by atoms with Gasteiger partial charge >= 0.3 is 0 Å². The molecule has 0 amide bonds. The van der Waals surface area contributed by atoms with Crippen molar-refractivity contribution in [2.45, 2.75) is 13.8 Å². The average Bonchev–Trinajstić information content (AvgIpc) is 2.36. The van der Waals surface area contributed by atoms with Crippen molar-refractivity contribution in [3.63, 3.8) is 0 Å². The summed E-state index contributed by atoms with van der Waals surface area (Å²) in [5.41, 5.74) is 0.645. The van der Waals surface area contributed by atoms with E-state index in [0.717, 1.165) is 0 Å². The molecule has 0 radical (unpaired) electrons. The number of hydrogen-bond acceptors (Lipinski definition) is 2. The van der Waals surface area contributed by atoms with Gasteiger partial charge in [-0.05, 0) is 55.8 Å². The van der Waals surface area contributed by atoms with Crippen LogP contribution in [0.1, 0.15) is 22.8 Å². The molecule has 0 fully saturated rings. The summed E-state index contributed by atoms with van der Waals surface area (Å²) in [6.07, 6.45) is 0. The summed E-state index contributed by atoms with van der Waals surface area (Å²) in [6.45, 7) is 2.99. The first kappa shape index (κ1) is 13.6. The van der Waals surface area contributed by atoms with Crippen molar-refractivity contribution in [3.05, 3.63) is 58.4 Å². The van der Waals surface area contributed by atoms with Crippen LogP contribution in [0.25, 0.3) is 0 Å². The Kier molecular flexibility index (Phi) is 3.86. The Balaban J connectivity index is 2.41. The fourth-order valence-electron chi connectivity index (χ4n) is 1.64. The maximum Gasteiger partial charge on any atom is 0.163 e. The summed E-state index contributed by atoms with van der Waals surface area (Å²) < 4.78 is 19.1. The Hall–Kier alpha value is -1.87. The molecular weight excluding hydrogens is 267 g/mol. The van der Waals surface area contributed by atoms with Crippen LogP contribution in [0, 0.1) is 12.7 Å². The first-order valence-corrected chi connectivity index (χ1v) is 6.09. The summed E-state index contributed by atoms with van der Waals surface area (Å²) in [5, 5.41) is 0.592. The smallest absolute Gasteiger partial charge is 0.163 e. The third-order valence-corrected chi connectivity index (χ3v) is 2.93. The van der Waals surface area contributed by atoms with Crippen molar-refractivity contribution >= 4 is 17.4 Å². The van der Waals surface area contributed by atoms with Crippen LogP contribution in [0.15, 0.2) is 36.4 Å². The molecule has 98 valence electrons. The maximum absolute atomic E-state index is 13.5. The lowest BCUT2D eigenvalue weighted by Gasteiger charge is -2.11. The van der Waals surface area contributed by atoms with E-state index in [-0.39, 0.29) is 11.3 Å². The summed E-state index contributed by atoms with van der Waals surface area (Å²) in [6, 6.07) is 9.45. The van der Waals surface area contributed by atoms with Gasteiger partial charge in [0.25, 0.3) is 0 Å². The number of rotatable bonds is 3. The second-order valence-corrected chi connectivity index (χ2v) is 4.65. The van der Waals surface area contributed by atoms with Crippen LogP contribution in [-0.4, -0.2) is 5.78 Å². The van der Waals surface area contributed by atoms with Crippen LogP contribution >= 0.6 is 11.6 Å². The van der Waals surface area contributed by atoms with Crippen molar-refractivity contribution in [2.75, 3.05) is 0 Å². The molecular formula is C15H12ClFO2. The summed E-state index contributed by atoms with van der Waals surface area (Å²) in [5.74, 6) is 0.211. The Morgan fingerprint density at radius 2 is 1.84 bits per heavy atom. The Morgan fingerprint density at radius 1 is 1.21 bits per heavy atom. The second-order valence-electron chi connectivity index (χ2n) is 4.21. The number of carbonyl (C=O) groups excluding carboxylic acids is 1. The molecule has 0 saturated heterocycles. The molecule has 0 N–H and O–H groups in total. The van der Waals surface area contributed by atoms with Gasteiger partial charge in [0.1, 0.15) is 17.3 Å². The van der Waals surface area contributed by atoms with Gasteiger partial charge in [0.2, 0.25) is 0 Å². The van der Waals surface area contributed by atoms with Crippen molar-refractivity contribution in [3.8, 4) is 11.5 Å². The first-order chi connectivity index (χ1) is 8.97. The predicted octanol–water partition coefficient (Wildman–Crippen LogP) is 4.78. The Bertz CT molecular complexity index is 621. The second kappa shape index (κ2) is 5.41. The van der Waals surface area contributed by atoms with E-state index in [2.05, 4.69) is 0 Å². The molecule has 19 heavy (non-hydrogen) atoms. The fourth-order valence-corrected chi connectivity index (χ4v) is 1.77. The van der Waals surface area contributed by atoms with Crippen LogP contribution in [-0.2, 0) is 0 Å². The normalized spacial score (nSPS) is 10.3. The highest BCUT2D eigenvalue weighted by atomic mass is 35.5. The third-order valence-electron chi connectivity index (χ3n) is 2.68. The van der Waals surface area contributed by atoms with Crippen molar-refractivity contribution in [1.82, 2.24) is 0 Å². The molecule has 0 bridgehead atoms. The molecule has 4 heteroatoms. The molecule has 2 aromatic rings. The lowest BCUT2D eigenvalue weighted by molar-refractivity contribution is 0.101. The average molecular weight is 279 g/mol. The summed E-state index contributed by atoms with van der Waals surface area (Å²) in [7, 11) is 0. The molecule has 0 aliphatic heterocycles. The lowest BCUT2D eigenvalue weighted by atomic mass is 10.1. The van der Waals surface area contributed by atoms with Gasteiger partial charge in [-0.3, -0.25) is 4.79 Å². The SMILES string of the molecule is CC(=O)c1cc(F)c(C)cc1Oc1ccc(Cl)cc1. The summed E-state index contributed by atoms with van der Waals surface area (Å²) >= 11 is 5.78. The van der Waals surface area contributed by atoms with Crippen LogP contribution in [0.5, 0.6) is 11.5 Å². The van der Waals surface area contributed by atoms with Crippen LogP contribution in [0.3, 0.4) is 0 Å². The van der Waals surface area contributed by atoms with Crippen molar-refractivity contribution < 1.29 is 13.9 Å². The number of benzene rings is 2. The number of halogens is 2. The van der Waals surface area contributed by atoms with E-state index in [1.54, 1.807) is 31.2 Å². The highest BCUT2D eigenvalue weighted by Gasteiger charge is 2.13. The van der Waals surface area contributed by atoms with E-state index in [1.165, 1.54) is 19.1 Å². The van der Waals surface area contributed by atoms with E-state index < -0.39 is 5.82 Å². The largest absolute Gasteiger partial charge is 0.457 e. The predicted molar refractivity (Wildman–Crippen MR) is 72.7 cm³/mol. The van der Waals surface area contributed by atoms with Gasteiger partial charge in [0.15, 0.2) is 5.78 Å². The molecule has 2 rings (SSSR count). The van der Waals surface area contributed by atoms with Crippen molar-refractivity contribution in [1.29, 1.82) is 0 Å². The molecule has 2 aromatic carbocycles. The minimum absolute atomic E-state index is 0.220. The van der Waals surface area contributed by atoms with Gasteiger partial charge in [0, 0.05) is 5.02 Å².